The molecule has 0 amide bonds. The van der Waals surface area contributed by atoms with Gasteiger partial charge in [-0.05, 0) is 23.1 Å². The molecule has 2 rings (SSSR count). The SMILES string of the molecule is CC(C)(C)c1ccc(OC2COC2)c(OC(F)F)c1. The lowest BCUT2D eigenvalue weighted by Crippen LogP contribution is -2.38. The van der Waals surface area contributed by atoms with Gasteiger partial charge in [0.25, 0.3) is 0 Å². The van der Waals surface area contributed by atoms with Crippen LogP contribution in [0.2, 0.25) is 0 Å². The molecule has 3 nitrogen and oxygen atoms in total. The van der Waals surface area contributed by atoms with Crippen molar-refractivity contribution in [3.05, 3.63) is 23.8 Å². The van der Waals surface area contributed by atoms with Gasteiger partial charge in [-0.2, -0.15) is 8.78 Å². The molecule has 1 aromatic rings. The van der Waals surface area contributed by atoms with Gasteiger partial charge in [-0.25, -0.2) is 0 Å². The van der Waals surface area contributed by atoms with E-state index in [-0.39, 0.29) is 17.3 Å². The third-order valence-corrected chi connectivity index (χ3v) is 2.93. The van der Waals surface area contributed by atoms with Crippen LogP contribution in [-0.4, -0.2) is 25.9 Å². The Kier molecular flexibility index (Phi) is 3.94. The van der Waals surface area contributed by atoms with E-state index in [2.05, 4.69) is 4.74 Å². The Labute approximate surface area is 111 Å². The van der Waals surface area contributed by atoms with Crippen LogP contribution >= 0.6 is 0 Å². The summed E-state index contributed by atoms with van der Waals surface area (Å²) in [6.07, 6.45) is -0.0829. The van der Waals surface area contributed by atoms with Crippen molar-refractivity contribution in [3.8, 4) is 11.5 Å². The minimum Gasteiger partial charge on any atom is -0.482 e. The second-order valence-corrected chi connectivity index (χ2v) is 5.57. The maximum absolute atomic E-state index is 12.5. The van der Waals surface area contributed by atoms with Gasteiger partial charge in [0.2, 0.25) is 0 Å². The molecule has 5 heteroatoms. The fourth-order valence-electron chi connectivity index (χ4n) is 1.72. The average molecular weight is 272 g/mol. The summed E-state index contributed by atoms with van der Waals surface area (Å²) in [5.74, 6) is 0.413. The lowest BCUT2D eigenvalue weighted by atomic mass is 9.87. The first-order valence-electron chi connectivity index (χ1n) is 6.20. The minimum absolute atomic E-state index is 0.0781. The van der Waals surface area contributed by atoms with Gasteiger partial charge < -0.3 is 14.2 Å². The molecule has 0 atom stereocenters. The molecule has 1 aliphatic rings. The molecule has 1 aliphatic heterocycles. The van der Waals surface area contributed by atoms with E-state index in [1.54, 1.807) is 12.1 Å². The van der Waals surface area contributed by atoms with Gasteiger partial charge in [0.15, 0.2) is 11.5 Å². The molecule has 0 aliphatic carbocycles. The summed E-state index contributed by atoms with van der Waals surface area (Å²) in [4.78, 5) is 0. The minimum atomic E-state index is -2.87. The average Bonchev–Trinajstić information content (AvgIpc) is 2.22. The number of halogens is 2. The molecule has 0 saturated carbocycles. The quantitative estimate of drug-likeness (QED) is 0.841. The Morgan fingerprint density at radius 2 is 1.89 bits per heavy atom. The number of ether oxygens (including phenoxy) is 3. The maximum atomic E-state index is 12.5. The number of benzene rings is 1. The summed E-state index contributed by atoms with van der Waals surface area (Å²) in [7, 11) is 0. The van der Waals surface area contributed by atoms with E-state index in [0.717, 1.165) is 5.56 Å². The van der Waals surface area contributed by atoms with Crippen LogP contribution in [0.4, 0.5) is 8.78 Å². The lowest BCUT2D eigenvalue weighted by Gasteiger charge is -2.28. The molecular weight excluding hydrogens is 254 g/mol. The highest BCUT2D eigenvalue weighted by molar-refractivity contribution is 5.45. The molecule has 1 fully saturated rings. The van der Waals surface area contributed by atoms with Gasteiger partial charge in [-0.15, -0.1) is 0 Å². The zero-order valence-corrected chi connectivity index (χ0v) is 11.3. The van der Waals surface area contributed by atoms with Crippen LogP contribution < -0.4 is 9.47 Å². The molecule has 1 aromatic carbocycles. The Balaban J connectivity index is 2.25. The molecule has 106 valence electrons. The molecule has 19 heavy (non-hydrogen) atoms. The van der Waals surface area contributed by atoms with Crippen molar-refractivity contribution in [2.24, 2.45) is 0 Å². The normalized spacial score (nSPS) is 16.3. The molecule has 1 saturated heterocycles. The molecule has 0 radical (unpaired) electrons. The summed E-state index contributed by atoms with van der Waals surface area (Å²) >= 11 is 0. The Morgan fingerprint density at radius 1 is 1.21 bits per heavy atom. The number of hydrogen-bond donors (Lipinski definition) is 0. The Bertz CT molecular complexity index is 437. The third kappa shape index (κ3) is 3.56. The zero-order valence-electron chi connectivity index (χ0n) is 11.3. The van der Waals surface area contributed by atoms with Crippen LogP contribution in [0.5, 0.6) is 11.5 Å². The molecule has 0 spiro atoms. The van der Waals surface area contributed by atoms with E-state index in [1.165, 1.54) is 0 Å². The summed E-state index contributed by atoms with van der Waals surface area (Å²) in [6.45, 7) is 4.12. The molecule has 1 heterocycles. The highest BCUT2D eigenvalue weighted by atomic mass is 19.3. The third-order valence-electron chi connectivity index (χ3n) is 2.93. The monoisotopic (exact) mass is 272 g/mol. The lowest BCUT2D eigenvalue weighted by molar-refractivity contribution is -0.0853. The van der Waals surface area contributed by atoms with Crippen molar-refractivity contribution in [1.82, 2.24) is 0 Å². The van der Waals surface area contributed by atoms with Gasteiger partial charge in [-0.1, -0.05) is 26.8 Å². The maximum Gasteiger partial charge on any atom is 0.387 e. The summed E-state index contributed by atoms with van der Waals surface area (Å²) < 4.78 is 40.0. The predicted molar refractivity (Wildman–Crippen MR) is 67.0 cm³/mol. The van der Waals surface area contributed by atoms with Crippen LogP contribution in [0.25, 0.3) is 0 Å². The van der Waals surface area contributed by atoms with Crippen molar-refractivity contribution in [2.75, 3.05) is 13.2 Å². The van der Waals surface area contributed by atoms with Gasteiger partial charge in [0, 0.05) is 0 Å². The van der Waals surface area contributed by atoms with Gasteiger partial charge >= 0.3 is 6.61 Å². The zero-order chi connectivity index (χ0) is 14.0. The van der Waals surface area contributed by atoms with Crippen LogP contribution in [0.15, 0.2) is 18.2 Å². The van der Waals surface area contributed by atoms with Crippen molar-refractivity contribution >= 4 is 0 Å². The summed E-state index contributed by atoms with van der Waals surface area (Å²) in [5.41, 5.74) is 0.776. The van der Waals surface area contributed by atoms with Crippen LogP contribution in [-0.2, 0) is 10.2 Å². The smallest absolute Gasteiger partial charge is 0.387 e. The first-order valence-corrected chi connectivity index (χ1v) is 6.20. The number of alkyl halides is 2. The van der Waals surface area contributed by atoms with E-state index in [1.807, 2.05) is 26.8 Å². The van der Waals surface area contributed by atoms with E-state index in [0.29, 0.717) is 19.0 Å². The fourth-order valence-corrected chi connectivity index (χ4v) is 1.72. The molecule has 0 unspecified atom stereocenters. The second kappa shape index (κ2) is 5.33. The second-order valence-electron chi connectivity index (χ2n) is 5.57. The standard InChI is InChI=1S/C14H18F2O3/c1-14(2,3)9-4-5-11(18-10-7-17-8-10)12(6-9)19-13(15)16/h4-6,10,13H,7-8H2,1-3H3. The number of hydrogen-bond acceptors (Lipinski definition) is 3. The summed E-state index contributed by atoms with van der Waals surface area (Å²) in [6, 6.07) is 5.16. The molecule has 0 aromatic heterocycles. The van der Waals surface area contributed by atoms with Crippen LogP contribution in [0, 0.1) is 0 Å². The largest absolute Gasteiger partial charge is 0.482 e. The number of rotatable bonds is 4. The molecular formula is C14H18F2O3. The van der Waals surface area contributed by atoms with Crippen LogP contribution in [0.3, 0.4) is 0 Å². The van der Waals surface area contributed by atoms with Gasteiger partial charge in [-0.3, -0.25) is 0 Å². The van der Waals surface area contributed by atoms with E-state index >= 15 is 0 Å². The Hall–Kier alpha value is -1.36. The van der Waals surface area contributed by atoms with E-state index < -0.39 is 6.61 Å². The predicted octanol–water partition coefficient (Wildman–Crippen LogP) is 3.36. The molecule has 0 bridgehead atoms. The molecule has 0 N–H and O–H groups in total. The van der Waals surface area contributed by atoms with Crippen molar-refractivity contribution in [1.29, 1.82) is 0 Å². The Morgan fingerprint density at radius 3 is 2.37 bits per heavy atom. The highest BCUT2D eigenvalue weighted by Gasteiger charge is 2.24. The van der Waals surface area contributed by atoms with Crippen molar-refractivity contribution < 1.29 is 23.0 Å². The highest BCUT2D eigenvalue weighted by Crippen LogP contribution is 2.35. The van der Waals surface area contributed by atoms with Crippen molar-refractivity contribution in [3.63, 3.8) is 0 Å². The topological polar surface area (TPSA) is 27.7 Å². The van der Waals surface area contributed by atoms with Crippen molar-refractivity contribution in [2.45, 2.75) is 38.9 Å². The van der Waals surface area contributed by atoms with Crippen LogP contribution in [0.1, 0.15) is 26.3 Å². The first-order chi connectivity index (χ1) is 8.86. The van der Waals surface area contributed by atoms with E-state index in [4.69, 9.17) is 9.47 Å². The summed E-state index contributed by atoms with van der Waals surface area (Å²) in [5, 5.41) is 0. The first kappa shape index (κ1) is 14.1. The van der Waals surface area contributed by atoms with Gasteiger partial charge in [0.1, 0.15) is 6.10 Å². The fraction of sp³-hybridized carbons (Fsp3) is 0.571. The van der Waals surface area contributed by atoms with E-state index in [9.17, 15) is 8.78 Å². The van der Waals surface area contributed by atoms with Gasteiger partial charge in [0.05, 0.1) is 13.2 Å².